The third kappa shape index (κ3) is 4.39. The topological polar surface area (TPSA) is 122 Å². The molecule has 2 aliphatic rings. The summed E-state index contributed by atoms with van der Waals surface area (Å²) < 4.78 is 4.86. The van der Waals surface area contributed by atoms with E-state index in [1.807, 2.05) is 12.2 Å². The van der Waals surface area contributed by atoms with E-state index in [0.717, 1.165) is 17.7 Å². The number of hydrogen-bond donors (Lipinski definition) is 2. The maximum atomic E-state index is 12.4. The number of rotatable bonds is 6. The van der Waals surface area contributed by atoms with Gasteiger partial charge in [0.15, 0.2) is 6.61 Å². The highest BCUT2D eigenvalue weighted by Gasteiger charge is 2.51. The van der Waals surface area contributed by atoms with E-state index < -0.39 is 30.6 Å². The van der Waals surface area contributed by atoms with E-state index in [0.29, 0.717) is 25.8 Å². The van der Waals surface area contributed by atoms with E-state index in [2.05, 4.69) is 5.32 Å². The van der Waals surface area contributed by atoms with Crippen LogP contribution in [-0.4, -0.2) is 53.8 Å². The Labute approximate surface area is 151 Å². The molecule has 144 valence electrons. The number of amides is 5. The van der Waals surface area contributed by atoms with Gasteiger partial charge in [-0.05, 0) is 26.2 Å². The zero-order valence-electron chi connectivity index (χ0n) is 15.1. The molecule has 0 bridgehead atoms. The van der Waals surface area contributed by atoms with Crippen LogP contribution in [0, 0.1) is 11.8 Å². The maximum absolute atomic E-state index is 12.4. The summed E-state index contributed by atoms with van der Waals surface area (Å²) >= 11 is 0. The van der Waals surface area contributed by atoms with Crippen molar-refractivity contribution in [1.29, 1.82) is 0 Å². The van der Waals surface area contributed by atoms with Crippen LogP contribution in [0.5, 0.6) is 0 Å². The van der Waals surface area contributed by atoms with Gasteiger partial charge in [-0.15, -0.1) is 0 Å². The number of fused-ring (bicyclic) bond motifs is 1. The van der Waals surface area contributed by atoms with Crippen molar-refractivity contribution in [2.75, 3.05) is 13.2 Å². The van der Waals surface area contributed by atoms with Crippen LogP contribution in [0.2, 0.25) is 0 Å². The van der Waals surface area contributed by atoms with Gasteiger partial charge in [0.05, 0.1) is 11.8 Å². The van der Waals surface area contributed by atoms with Crippen LogP contribution in [0.3, 0.4) is 0 Å². The largest absolute Gasteiger partial charge is 0.454 e. The van der Waals surface area contributed by atoms with Gasteiger partial charge in [-0.3, -0.25) is 24.6 Å². The molecule has 1 saturated carbocycles. The smallest absolute Gasteiger partial charge is 0.329 e. The lowest BCUT2D eigenvalue weighted by molar-refractivity contribution is -0.159. The Balaban J connectivity index is 1.85. The number of nitrogens with zero attached hydrogens (tertiary/aromatic N) is 1. The third-order valence-electron chi connectivity index (χ3n) is 4.74. The maximum Gasteiger partial charge on any atom is 0.329 e. The van der Waals surface area contributed by atoms with Crippen LogP contribution in [0.15, 0.2) is 0 Å². The van der Waals surface area contributed by atoms with E-state index in [-0.39, 0.29) is 23.7 Å². The van der Waals surface area contributed by atoms with Gasteiger partial charge in [0.1, 0.15) is 6.04 Å². The first kappa shape index (κ1) is 19.9. The molecular formula is C17H25N3O6. The minimum atomic E-state index is -1.10. The number of urea groups is 1. The first-order chi connectivity index (χ1) is 12.4. The van der Waals surface area contributed by atoms with Crippen molar-refractivity contribution in [3.05, 3.63) is 0 Å². The average molecular weight is 367 g/mol. The number of likely N-dealkylation sites (tertiary alicyclic amines) is 1. The molecule has 9 nitrogen and oxygen atoms in total. The fraction of sp³-hybridized carbons (Fsp3) is 0.706. The highest BCUT2D eigenvalue weighted by molar-refractivity contribution is 6.08. The van der Waals surface area contributed by atoms with Gasteiger partial charge in [0.25, 0.3) is 5.91 Å². The predicted molar refractivity (Wildman–Crippen MR) is 89.6 cm³/mol. The Bertz CT molecular complexity index is 581. The van der Waals surface area contributed by atoms with Crippen molar-refractivity contribution >= 4 is 29.7 Å². The number of nitrogens with one attached hydrogen (secondary N) is 2. The molecule has 26 heavy (non-hydrogen) atoms. The SMILES string of the molecule is CCCNC(=O)NC(=O)COC(=O)[C@H](C)N1C(=O)[C@@H]2CCCC[C@H]2C1=O. The highest BCUT2D eigenvalue weighted by Crippen LogP contribution is 2.38. The molecule has 1 aliphatic heterocycles. The van der Waals surface area contributed by atoms with Crippen LogP contribution < -0.4 is 10.6 Å². The van der Waals surface area contributed by atoms with Crippen LogP contribution in [0.1, 0.15) is 46.0 Å². The van der Waals surface area contributed by atoms with Crippen LogP contribution in [-0.2, 0) is 23.9 Å². The lowest BCUT2D eigenvalue weighted by atomic mass is 9.81. The molecule has 2 fully saturated rings. The molecule has 2 N–H and O–H groups in total. The predicted octanol–water partition coefficient (Wildman–Crippen LogP) is 0.329. The van der Waals surface area contributed by atoms with Crippen LogP contribution in [0.4, 0.5) is 4.79 Å². The normalized spacial score (nSPS) is 23.2. The van der Waals surface area contributed by atoms with Crippen molar-refractivity contribution in [2.24, 2.45) is 11.8 Å². The van der Waals surface area contributed by atoms with Gasteiger partial charge in [0.2, 0.25) is 11.8 Å². The molecule has 0 aromatic carbocycles. The molecule has 1 saturated heterocycles. The minimum Gasteiger partial charge on any atom is -0.454 e. The average Bonchev–Trinajstić information content (AvgIpc) is 2.88. The number of carbonyl (C=O) groups excluding carboxylic acids is 5. The van der Waals surface area contributed by atoms with Crippen molar-refractivity contribution in [3.63, 3.8) is 0 Å². The van der Waals surface area contributed by atoms with Gasteiger partial charge in [-0.25, -0.2) is 9.59 Å². The Morgan fingerprint density at radius 2 is 1.73 bits per heavy atom. The fourth-order valence-corrected chi connectivity index (χ4v) is 3.38. The molecule has 1 heterocycles. The number of esters is 1. The summed E-state index contributed by atoms with van der Waals surface area (Å²) in [5.41, 5.74) is 0. The van der Waals surface area contributed by atoms with E-state index in [9.17, 15) is 24.0 Å². The number of carbonyl (C=O) groups is 5. The fourth-order valence-electron chi connectivity index (χ4n) is 3.38. The van der Waals surface area contributed by atoms with Crippen molar-refractivity contribution in [1.82, 2.24) is 15.5 Å². The second kappa shape index (κ2) is 8.77. The van der Waals surface area contributed by atoms with Gasteiger partial charge >= 0.3 is 12.0 Å². The summed E-state index contributed by atoms with van der Waals surface area (Å²) in [6, 6.07) is -1.77. The summed E-state index contributed by atoms with van der Waals surface area (Å²) in [4.78, 5) is 60.9. The Morgan fingerprint density at radius 3 is 2.27 bits per heavy atom. The molecular weight excluding hydrogens is 342 g/mol. The zero-order chi connectivity index (χ0) is 19.3. The second-order valence-electron chi connectivity index (χ2n) is 6.63. The van der Waals surface area contributed by atoms with E-state index in [1.54, 1.807) is 0 Å². The summed E-state index contributed by atoms with van der Waals surface area (Å²) in [5.74, 6) is -3.02. The monoisotopic (exact) mass is 367 g/mol. The molecule has 2 rings (SSSR count). The Hall–Kier alpha value is -2.45. The quantitative estimate of drug-likeness (QED) is 0.515. The first-order valence-electron chi connectivity index (χ1n) is 8.98. The van der Waals surface area contributed by atoms with Gasteiger partial charge < -0.3 is 10.1 Å². The summed E-state index contributed by atoms with van der Waals surface area (Å²) in [6.07, 6.45) is 3.82. The summed E-state index contributed by atoms with van der Waals surface area (Å²) in [6.45, 7) is 3.02. The summed E-state index contributed by atoms with van der Waals surface area (Å²) in [5, 5.41) is 4.47. The van der Waals surface area contributed by atoms with Crippen molar-refractivity contribution in [2.45, 2.75) is 52.0 Å². The van der Waals surface area contributed by atoms with Gasteiger partial charge in [0, 0.05) is 6.54 Å². The van der Waals surface area contributed by atoms with Crippen LogP contribution in [0.25, 0.3) is 0 Å². The lowest BCUT2D eigenvalue weighted by Crippen LogP contribution is -2.46. The van der Waals surface area contributed by atoms with Crippen molar-refractivity contribution < 1.29 is 28.7 Å². The Morgan fingerprint density at radius 1 is 1.15 bits per heavy atom. The number of hydrogen-bond acceptors (Lipinski definition) is 6. The summed E-state index contributed by atoms with van der Waals surface area (Å²) in [7, 11) is 0. The van der Waals surface area contributed by atoms with Crippen LogP contribution >= 0.6 is 0 Å². The lowest BCUT2D eigenvalue weighted by Gasteiger charge is -2.21. The molecule has 0 radical (unpaired) electrons. The molecule has 5 amide bonds. The van der Waals surface area contributed by atoms with Gasteiger partial charge in [-0.1, -0.05) is 19.8 Å². The molecule has 1 aliphatic carbocycles. The Kier molecular flexibility index (Phi) is 6.70. The number of ether oxygens (including phenoxy) is 1. The van der Waals surface area contributed by atoms with E-state index in [1.165, 1.54) is 6.92 Å². The van der Waals surface area contributed by atoms with E-state index >= 15 is 0 Å². The zero-order valence-corrected chi connectivity index (χ0v) is 15.1. The second-order valence-corrected chi connectivity index (χ2v) is 6.63. The third-order valence-corrected chi connectivity index (χ3v) is 4.74. The number of imide groups is 2. The first-order valence-corrected chi connectivity index (χ1v) is 8.98. The van der Waals surface area contributed by atoms with Gasteiger partial charge in [-0.2, -0.15) is 0 Å². The van der Waals surface area contributed by atoms with Crippen molar-refractivity contribution in [3.8, 4) is 0 Å². The highest BCUT2D eigenvalue weighted by atomic mass is 16.5. The minimum absolute atomic E-state index is 0.340. The molecule has 0 unspecified atom stereocenters. The molecule has 0 aromatic rings. The molecule has 9 heteroatoms. The standard InChI is InChI=1S/C17H25N3O6/c1-3-8-18-17(25)19-13(21)9-26-16(24)10(2)20-14(22)11-6-4-5-7-12(11)15(20)23/h10-12H,3-9H2,1-2H3,(H2,18,19,21,25)/t10-,11+,12+/m0/s1. The molecule has 0 aromatic heterocycles. The van der Waals surface area contributed by atoms with E-state index in [4.69, 9.17) is 4.74 Å². The molecule has 0 spiro atoms. The molecule has 3 atom stereocenters.